The van der Waals surface area contributed by atoms with Crippen molar-refractivity contribution in [3.05, 3.63) is 33.9 Å². The van der Waals surface area contributed by atoms with Crippen LogP contribution in [0, 0.1) is 10.1 Å². The molecule has 0 fully saturated rings. The minimum atomic E-state index is -0.577. The van der Waals surface area contributed by atoms with Crippen LogP contribution >= 0.6 is 0 Å². The van der Waals surface area contributed by atoms with Gasteiger partial charge in [-0.1, -0.05) is 0 Å². The molecule has 0 aliphatic carbocycles. The third-order valence-corrected chi connectivity index (χ3v) is 2.12. The number of aliphatic hydroxyl groups excluding tert-OH is 1. The van der Waals surface area contributed by atoms with E-state index in [0.717, 1.165) is 6.07 Å². The number of hydrogen-bond acceptors (Lipinski definition) is 5. The first-order valence-electron chi connectivity index (χ1n) is 5.09. The SMILES string of the molecule is CC(O)CCOc1ccc([N+](=O)[O-])cc1C=O. The van der Waals surface area contributed by atoms with Gasteiger partial charge in [0.1, 0.15) is 5.75 Å². The zero-order chi connectivity index (χ0) is 12.8. The van der Waals surface area contributed by atoms with Crippen molar-refractivity contribution in [3.63, 3.8) is 0 Å². The van der Waals surface area contributed by atoms with E-state index in [-0.39, 0.29) is 23.6 Å². The van der Waals surface area contributed by atoms with Crippen LogP contribution in [0.3, 0.4) is 0 Å². The lowest BCUT2D eigenvalue weighted by molar-refractivity contribution is -0.384. The minimum absolute atomic E-state index is 0.129. The highest BCUT2D eigenvalue weighted by Gasteiger charge is 2.11. The Kier molecular flexibility index (Phi) is 4.59. The largest absolute Gasteiger partial charge is 0.493 e. The van der Waals surface area contributed by atoms with Crippen molar-refractivity contribution in [2.45, 2.75) is 19.4 Å². The standard InChI is InChI=1S/C11H13NO5/c1-8(14)4-5-17-11-3-2-10(12(15)16)6-9(11)7-13/h2-3,6-8,14H,4-5H2,1H3. The Bertz CT molecular complexity index is 416. The molecule has 0 aliphatic rings. The molecule has 0 radical (unpaired) electrons. The molecule has 0 bridgehead atoms. The molecule has 1 rings (SSSR count). The maximum atomic E-state index is 10.7. The van der Waals surface area contributed by atoms with E-state index in [0.29, 0.717) is 12.7 Å². The average Bonchev–Trinajstić information content (AvgIpc) is 2.28. The second kappa shape index (κ2) is 5.95. The summed E-state index contributed by atoms with van der Waals surface area (Å²) in [5, 5.41) is 19.5. The Morgan fingerprint density at radius 1 is 1.59 bits per heavy atom. The molecule has 0 heterocycles. The van der Waals surface area contributed by atoms with Crippen LogP contribution in [-0.4, -0.2) is 29.0 Å². The lowest BCUT2D eigenvalue weighted by atomic mass is 10.2. The zero-order valence-electron chi connectivity index (χ0n) is 9.33. The van der Waals surface area contributed by atoms with Gasteiger partial charge in [-0.15, -0.1) is 0 Å². The summed E-state index contributed by atoms with van der Waals surface area (Å²) in [7, 11) is 0. The summed E-state index contributed by atoms with van der Waals surface area (Å²) in [5.74, 6) is 0.284. The van der Waals surface area contributed by atoms with Crippen LogP contribution in [0.1, 0.15) is 23.7 Å². The Labute approximate surface area is 98.0 Å². The van der Waals surface area contributed by atoms with Crippen molar-refractivity contribution in [2.24, 2.45) is 0 Å². The van der Waals surface area contributed by atoms with E-state index < -0.39 is 11.0 Å². The number of ether oxygens (including phenoxy) is 1. The lowest BCUT2D eigenvalue weighted by Crippen LogP contribution is -2.08. The molecule has 0 aromatic heterocycles. The van der Waals surface area contributed by atoms with Crippen molar-refractivity contribution in [1.82, 2.24) is 0 Å². The van der Waals surface area contributed by atoms with Crippen molar-refractivity contribution in [2.75, 3.05) is 6.61 Å². The summed E-state index contributed by atoms with van der Waals surface area (Å²) in [6, 6.07) is 3.80. The van der Waals surface area contributed by atoms with Gasteiger partial charge in [-0.2, -0.15) is 0 Å². The quantitative estimate of drug-likeness (QED) is 0.462. The van der Waals surface area contributed by atoms with Gasteiger partial charge in [0.25, 0.3) is 5.69 Å². The highest BCUT2D eigenvalue weighted by atomic mass is 16.6. The molecule has 0 spiro atoms. The average molecular weight is 239 g/mol. The van der Waals surface area contributed by atoms with Crippen molar-refractivity contribution in [3.8, 4) is 5.75 Å². The topological polar surface area (TPSA) is 89.7 Å². The number of carbonyl (C=O) groups excluding carboxylic acids is 1. The number of benzene rings is 1. The van der Waals surface area contributed by atoms with Gasteiger partial charge < -0.3 is 9.84 Å². The summed E-state index contributed by atoms with van der Waals surface area (Å²) in [6.45, 7) is 1.87. The van der Waals surface area contributed by atoms with Crippen LogP contribution < -0.4 is 4.74 Å². The number of nitrogens with zero attached hydrogens (tertiary/aromatic N) is 1. The van der Waals surface area contributed by atoms with Gasteiger partial charge in [0.2, 0.25) is 0 Å². The van der Waals surface area contributed by atoms with Crippen LogP contribution in [0.5, 0.6) is 5.75 Å². The van der Waals surface area contributed by atoms with E-state index in [4.69, 9.17) is 9.84 Å². The molecule has 1 N–H and O–H groups in total. The van der Waals surface area contributed by atoms with Gasteiger partial charge >= 0.3 is 0 Å². The maximum absolute atomic E-state index is 10.7. The molecule has 0 saturated carbocycles. The molecule has 0 saturated heterocycles. The van der Waals surface area contributed by atoms with Crippen molar-refractivity contribution < 1.29 is 19.6 Å². The summed E-state index contributed by atoms with van der Waals surface area (Å²) in [6.07, 6.45) is 0.438. The van der Waals surface area contributed by atoms with E-state index in [1.165, 1.54) is 12.1 Å². The normalized spacial score (nSPS) is 11.9. The highest BCUT2D eigenvalue weighted by molar-refractivity contribution is 5.80. The molecular weight excluding hydrogens is 226 g/mol. The number of aldehydes is 1. The molecule has 1 aromatic rings. The monoisotopic (exact) mass is 239 g/mol. The Morgan fingerprint density at radius 3 is 2.82 bits per heavy atom. The van der Waals surface area contributed by atoms with E-state index >= 15 is 0 Å². The van der Waals surface area contributed by atoms with Crippen LogP contribution in [0.2, 0.25) is 0 Å². The number of hydrogen-bond donors (Lipinski definition) is 1. The fraction of sp³-hybridized carbons (Fsp3) is 0.364. The number of nitro benzene ring substituents is 1. The molecular formula is C11H13NO5. The van der Waals surface area contributed by atoms with Crippen LogP contribution in [-0.2, 0) is 0 Å². The second-order valence-electron chi connectivity index (χ2n) is 3.58. The van der Waals surface area contributed by atoms with Crippen molar-refractivity contribution in [1.29, 1.82) is 0 Å². The molecule has 92 valence electrons. The van der Waals surface area contributed by atoms with Gasteiger partial charge in [0, 0.05) is 18.6 Å². The molecule has 6 nitrogen and oxygen atoms in total. The fourth-order valence-electron chi connectivity index (χ4n) is 1.21. The number of non-ortho nitro benzene ring substituents is 1. The predicted molar refractivity (Wildman–Crippen MR) is 60.3 cm³/mol. The van der Waals surface area contributed by atoms with Gasteiger partial charge in [-0.3, -0.25) is 14.9 Å². The smallest absolute Gasteiger partial charge is 0.270 e. The third kappa shape index (κ3) is 3.84. The number of carbonyl (C=O) groups is 1. The lowest BCUT2D eigenvalue weighted by Gasteiger charge is -2.09. The van der Waals surface area contributed by atoms with Crippen LogP contribution in [0.4, 0.5) is 5.69 Å². The number of nitro groups is 1. The predicted octanol–water partition coefficient (Wildman–Crippen LogP) is 1.56. The third-order valence-electron chi connectivity index (χ3n) is 2.12. The molecule has 0 amide bonds. The summed E-state index contributed by atoms with van der Waals surface area (Å²) in [4.78, 5) is 20.7. The summed E-state index contributed by atoms with van der Waals surface area (Å²) in [5.41, 5.74) is -0.0280. The van der Waals surface area contributed by atoms with E-state index in [1.54, 1.807) is 6.92 Å². The Hall–Kier alpha value is -1.95. The second-order valence-corrected chi connectivity index (χ2v) is 3.58. The summed E-state index contributed by atoms with van der Waals surface area (Å²) < 4.78 is 5.26. The van der Waals surface area contributed by atoms with Crippen LogP contribution in [0.15, 0.2) is 18.2 Å². The fourth-order valence-corrected chi connectivity index (χ4v) is 1.21. The molecule has 6 heteroatoms. The molecule has 1 aromatic carbocycles. The first kappa shape index (κ1) is 13.1. The highest BCUT2D eigenvalue weighted by Crippen LogP contribution is 2.22. The minimum Gasteiger partial charge on any atom is -0.493 e. The first-order valence-corrected chi connectivity index (χ1v) is 5.09. The maximum Gasteiger partial charge on any atom is 0.270 e. The Morgan fingerprint density at radius 2 is 2.29 bits per heavy atom. The van der Waals surface area contributed by atoms with Crippen molar-refractivity contribution >= 4 is 12.0 Å². The number of rotatable bonds is 6. The molecule has 0 aliphatic heterocycles. The van der Waals surface area contributed by atoms with Gasteiger partial charge in [-0.25, -0.2) is 0 Å². The zero-order valence-corrected chi connectivity index (χ0v) is 9.33. The van der Waals surface area contributed by atoms with E-state index in [9.17, 15) is 14.9 Å². The van der Waals surface area contributed by atoms with Gasteiger partial charge in [0.05, 0.1) is 23.2 Å². The molecule has 17 heavy (non-hydrogen) atoms. The number of aliphatic hydroxyl groups is 1. The van der Waals surface area contributed by atoms with E-state index in [1.807, 2.05) is 0 Å². The summed E-state index contributed by atoms with van der Waals surface area (Å²) >= 11 is 0. The molecule has 1 unspecified atom stereocenters. The van der Waals surface area contributed by atoms with Crippen LogP contribution in [0.25, 0.3) is 0 Å². The Balaban J connectivity index is 2.78. The molecule has 1 atom stereocenters. The van der Waals surface area contributed by atoms with Gasteiger partial charge in [0.15, 0.2) is 6.29 Å². The van der Waals surface area contributed by atoms with E-state index in [2.05, 4.69) is 0 Å². The first-order chi connectivity index (χ1) is 8.04. The van der Waals surface area contributed by atoms with Gasteiger partial charge in [-0.05, 0) is 13.0 Å².